The SMILES string of the molecule is Cc1cccc(C(=O)NCCc2ccc(S(=O)(=O)C(C)C)cc2)c1. The van der Waals surface area contributed by atoms with E-state index in [0.717, 1.165) is 11.1 Å². The minimum absolute atomic E-state index is 0.0993. The lowest BCUT2D eigenvalue weighted by atomic mass is 10.1. The van der Waals surface area contributed by atoms with Crippen molar-refractivity contribution >= 4 is 15.7 Å². The van der Waals surface area contributed by atoms with Crippen molar-refractivity contribution in [2.45, 2.75) is 37.3 Å². The van der Waals surface area contributed by atoms with E-state index < -0.39 is 15.1 Å². The summed E-state index contributed by atoms with van der Waals surface area (Å²) in [4.78, 5) is 12.4. The summed E-state index contributed by atoms with van der Waals surface area (Å²) < 4.78 is 24.1. The second kappa shape index (κ2) is 7.62. The molecule has 1 N–H and O–H groups in total. The van der Waals surface area contributed by atoms with Gasteiger partial charge in [0, 0.05) is 12.1 Å². The summed E-state index contributed by atoms with van der Waals surface area (Å²) in [6.45, 7) is 5.79. The number of sulfone groups is 1. The molecular weight excluding hydrogens is 322 g/mol. The quantitative estimate of drug-likeness (QED) is 0.875. The Bertz CT molecular complexity index is 809. The molecule has 1 amide bonds. The largest absolute Gasteiger partial charge is 0.352 e. The molecule has 0 fully saturated rings. The highest BCUT2D eigenvalue weighted by molar-refractivity contribution is 7.92. The van der Waals surface area contributed by atoms with E-state index in [2.05, 4.69) is 5.32 Å². The van der Waals surface area contributed by atoms with E-state index >= 15 is 0 Å². The van der Waals surface area contributed by atoms with Gasteiger partial charge in [-0.05, 0) is 57.0 Å². The van der Waals surface area contributed by atoms with Gasteiger partial charge < -0.3 is 5.32 Å². The van der Waals surface area contributed by atoms with Gasteiger partial charge in [-0.25, -0.2) is 8.42 Å². The van der Waals surface area contributed by atoms with Crippen LogP contribution < -0.4 is 5.32 Å². The molecule has 0 radical (unpaired) electrons. The van der Waals surface area contributed by atoms with E-state index in [1.807, 2.05) is 25.1 Å². The highest BCUT2D eigenvalue weighted by Crippen LogP contribution is 2.16. The number of carbonyl (C=O) groups is 1. The van der Waals surface area contributed by atoms with E-state index in [1.54, 1.807) is 44.2 Å². The highest BCUT2D eigenvalue weighted by Gasteiger charge is 2.18. The molecule has 0 bridgehead atoms. The van der Waals surface area contributed by atoms with Crippen LogP contribution in [0.4, 0.5) is 0 Å². The fraction of sp³-hybridized carbons (Fsp3) is 0.316. The van der Waals surface area contributed by atoms with Gasteiger partial charge in [-0.15, -0.1) is 0 Å². The zero-order valence-corrected chi connectivity index (χ0v) is 15.1. The Morgan fingerprint density at radius 1 is 1.08 bits per heavy atom. The molecule has 0 aliphatic rings. The van der Waals surface area contributed by atoms with Gasteiger partial charge in [0.1, 0.15) is 0 Å². The summed E-state index contributed by atoms with van der Waals surface area (Å²) in [5, 5.41) is 2.45. The predicted octanol–water partition coefficient (Wildman–Crippen LogP) is 3.15. The molecule has 2 aromatic rings. The van der Waals surface area contributed by atoms with Gasteiger partial charge in [0.05, 0.1) is 10.1 Å². The van der Waals surface area contributed by atoms with E-state index in [-0.39, 0.29) is 5.91 Å². The molecule has 2 aromatic carbocycles. The van der Waals surface area contributed by atoms with E-state index in [0.29, 0.717) is 23.4 Å². The summed E-state index contributed by atoms with van der Waals surface area (Å²) >= 11 is 0. The van der Waals surface area contributed by atoms with Crippen LogP contribution in [-0.2, 0) is 16.3 Å². The van der Waals surface area contributed by atoms with Gasteiger partial charge in [0.15, 0.2) is 9.84 Å². The van der Waals surface area contributed by atoms with Crippen molar-refractivity contribution in [1.29, 1.82) is 0 Å². The Kier molecular flexibility index (Phi) is 5.78. The smallest absolute Gasteiger partial charge is 0.251 e. The first-order chi connectivity index (χ1) is 11.3. The molecule has 0 aromatic heterocycles. The summed E-state index contributed by atoms with van der Waals surface area (Å²) in [6.07, 6.45) is 0.652. The third-order valence-electron chi connectivity index (χ3n) is 3.85. The maximum atomic E-state index is 12.1. The standard InChI is InChI=1S/C19H23NO3S/c1-14(2)24(22,23)18-9-7-16(8-10-18)11-12-20-19(21)17-6-4-5-15(3)13-17/h4-10,13-14H,11-12H2,1-3H3,(H,20,21). The molecule has 0 aliphatic heterocycles. The molecule has 0 aliphatic carbocycles. The number of hydrogen-bond acceptors (Lipinski definition) is 3. The summed E-state index contributed by atoms with van der Waals surface area (Å²) in [7, 11) is -3.24. The van der Waals surface area contributed by atoms with Crippen LogP contribution in [0.1, 0.15) is 35.3 Å². The predicted molar refractivity (Wildman–Crippen MR) is 96.0 cm³/mol. The van der Waals surface area contributed by atoms with Crippen LogP contribution >= 0.6 is 0 Å². The van der Waals surface area contributed by atoms with Crippen molar-refractivity contribution in [2.75, 3.05) is 6.54 Å². The van der Waals surface area contributed by atoms with E-state index in [9.17, 15) is 13.2 Å². The number of carbonyl (C=O) groups excluding carboxylic acids is 1. The van der Waals surface area contributed by atoms with Crippen LogP contribution in [-0.4, -0.2) is 26.1 Å². The van der Waals surface area contributed by atoms with Crippen molar-refractivity contribution in [3.8, 4) is 0 Å². The first kappa shape index (κ1) is 18.2. The van der Waals surface area contributed by atoms with Crippen molar-refractivity contribution in [3.63, 3.8) is 0 Å². The molecule has 0 saturated carbocycles. The fourth-order valence-electron chi connectivity index (χ4n) is 2.33. The van der Waals surface area contributed by atoms with Crippen molar-refractivity contribution in [3.05, 3.63) is 65.2 Å². The zero-order chi connectivity index (χ0) is 17.7. The Morgan fingerprint density at radius 2 is 1.75 bits per heavy atom. The highest BCUT2D eigenvalue weighted by atomic mass is 32.2. The van der Waals surface area contributed by atoms with Gasteiger partial charge >= 0.3 is 0 Å². The molecule has 4 nitrogen and oxygen atoms in total. The van der Waals surface area contributed by atoms with Crippen LogP contribution in [0.15, 0.2) is 53.4 Å². The molecule has 24 heavy (non-hydrogen) atoms. The zero-order valence-electron chi connectivity index (χ0n) is 14.2. The Hall–Kier alpha value is -2.14. The number of rotatable bonds is 6. The maximum absolute atomic E-state index is 12.1. The monoisotopic (exact) mass is 345 g/mol. The molecule has 5 heteroatoms. The number of aryl methyl sites for hydroxylation is 1. The second-order valence-corrected chi connectivity index (χ2v) is 8.62. The van der Waals surface area contributed by atoms with Gasteiger partial charge in [0.2, 0.25) is 0 Å². The number of benzene rings is 2. The minimum atomic E-state index is -3.24. The Morgan fingerprint density at radius 3 is 2.33 bits per heavy atom. The number of hydrogen-bond donors (Lipinski definition) is 1. The third-order valence-corrected chi connectivity index (χ3v) is 6.02. The first-order valence-corrected chi connectivity index (χ1v) is 9.53. The molecule has 2 rings (SSSR count). The maximum Gasteiger partial charge on any atom is 0.251 e. The topological polar surface area (TPSA) is 63.2 Å². The lowest BCUT2D eigenvalue weighted by Gasteiger charge is -2.09. The van der Waals surface area contributed by atoms with Gasteiger partial charge in [-0.3, -0.25) is 4.79 Å². The average Bonchev–Trinajstić information content (AvgIpc) is 2.55. The van der Waals surface area contributed by atoms with Crippen molar-refractivity contribution in [2.24, 2.45) is 0 Å². The molecule has 0 saturated heterocycles. The summed E-state index contributed by atoms with van der Waals surface area (Å²) in [5.74, 6) is -0.0993. The molecule has 0 atom stereocenters. The Labute approximate surface area is 143 Å². The van der Waals surface area contributed by atoms with Gasteiger partial charge in [-0.2, -0.15) is 0 Å². The Balaban J connectivity index is 1.92. The van der Waals surface area contributed by atoms with E-state index in [1.165, 1.54) is 0 Å². The van der Waals surface area contributed by atoms with Crippen LogP contribution in [0.3, 0.4) is 0 Å². The number of amides is 1. The fourth-order valence-corrected chi connectivity index (χ4v) is 3.39. The molecule has 0 spiro atoms. The summed E-state index contributed by atoms with van der Waals surface area (Å²) in [6, 6.07) is 14.3. The van der Waals surface area contributed by atoms with Crippen molar-refractivity contribution in [1.82, 2.24) is 5.32 Å². The molecular formula is C19H23NO3S. The lowest BCUT2D eigenvalue weighted by molar-refractivity contribution is 0.0954. The average molecular weight is 345 g/mol. The first-order valence-electron chi connectivity index (χ1n) is 7.98. The number of nitrogens with one attached hydrogen (secondary N) is 1. The second-order valence-electron chi connectivity index (χ2n) is 6.11. The molecule has 0 unspecified atom stereocenters. The molecule has 0 heterocycles. The normalized spacial score (nSPS) is 11.5. The van der Waals surface area contributed by atoms with Crippen LogP contribution in [0, 0.1) is 6.92 Å². The van der Waals surface area contributed by atoms with Crippen LogP contribution in [0.5, 0.6) is 0 Å². The summed E-state index contributed by atoms with van der Waals surface area (Å²) in [5.41, 5.74) is 2.68. The third kappa shape index (κ3) is 4.45. The lowest BCUT2D eigenvalue weighted by Crippen LogP contribution is -2.25. The van der Waals surface area contributed by atoms with Gasteiger partial charge in [-0.1, -0.05) is 29.8 Å². The van der Waals surface area contributed by atoms with Crippen LogP contribution in [0.25, 0.3) is 0 Å². The molecule has 128 valence electrons. The van der Waals surface area contributed by atoms with Crippen molar-refractivity contribution < 1.29 is 13.2 Å². The minimum Gasteiger partial charge on any atom is -0.352 e. The van der Waals surface area contributed by atoms with E-state index in [4.69, 9.17) is 0 Å². The van der Waals surface area contributed by atoms with Gasteiger partial charge in [0.25, 0.3) is 5.91 Å². The van der Waals surface area contributed by atoms with Crippen LogP contribution in [0.2, 0.25) is 0 Å².